The molecule has 4 N–H and O–H groups in total. The van der Waals surface area contributed by atoms with Crippen LogP contribution >= 0.6 is 11.6 Å². The third-order valence-electron chi connectivity index (χ3n) is 4.35. The van der Waals surface area contributed by atoms with Gasteiger partial charge in [0, 0.05) is 57.1 Å². The molecule has 11 heteroatoms. The van der Waals surface area contributed by atoms with Gasteiger partial charge in [0.25, 0.3) is 0 Å². The average Bonchev–Trinajstić information content (AvgIpc) is 2.79. The maximum atomic E-state index is 12.6. The van der Waals surface area contributed by atoms with Crippen LogP contribution in [0.2, 0.25) is 5.02 Å². The molecule has 0 atom stereocenters. The van der Waals surface area contributed by atoms with Gasteiger partial charge in [-0.3, -0.25) is 10.1 Å². The molecule has 0 spiro atoms. The van der Waals surface area contributed by atoms with Crippen molar-refractivity contribution in [2.75, 3.05) is 22.5 Å². The molecule has 33 heavy (non-hydrogen) atoms. The fourth-order valence-corrected chi connectivity index (χ4v) is 2.99. The number of benzene rings is 2. The molecular weight excluding hydrogens is 444 g/mol. The maximum Gasteiger partial charge on any atom is 0.320 e. The van der Waals surface area contributed by atoms with Crippen molar-refractivity contribution in [3.05, 3.63) is 81.8 Å². The van der Waals surface area contributed by atoms with E-state index in [0.29, 0.717) is 40.0 Å². The molecule has 168 valence electrons. The lowest BCUT2D eigenvalue weighted by atomic mass is 10.1. The van der Waals surface area contributed by atoms with Crippen molar-refractivity contribution in [3.8, 4) is 0 Å². The number of azide groups is 1. The third-order valence-corrected chi connectivity index (χ3v) is 4.60. The first-order valence-corrected chi connectivity index (χ1v) is 10.4. The largest absolute Gasteiger partial charge is 0.355 e. The van der Waals surface area contributed by atoms with Gasteiger partial charge < -0.3 is 16.0 Å². The number of pyridine rings is 1. The normalized spacial score (nSPS) is 10.0. The Balaban J connectivity index is 1.79. The fraction of sp³-hybridized carbons (Fsp3) is 0.136. The zero-order chi connectivity index (χ0) is 23.6. The van der Waals surface area contributed by atoms with Crippen LogP contribution in [0.5, 0.6) is 0 Å². The van der Waals surface area contributed by atoms with Gasteiger partial charge in [0.1, 0.15) is 5.82 Å². The molecule has 3 amide bonds. The standard InChI is InChI=1S/C22H21ClN8O2/c1-2-25-22(33)29-20-12-19(27-16-5-3-15(23)4-6-16)14(13-26-20)11-21(32)28-17-7-9-18(10-8-17)30-31-24/h3-10,12-13H,2,11H2,1H3,(H,28,32)(H3,25,26,27,29,33). The topological polar surface area (TPSA) is 144 Å². The van der Waals surface area contributed by atoms with E-state index in [1.807, 2.05) is 6.92 Å². The first-order chi connectivity index (χ1) is 16.0. The second-order valence-electron chi connectivity index (χ2n) is 6.80. The van der Waals surface area contributed by atoms with Crippen LogP contribution in [0.1, 0.15) is 12.5 Å². The quantitative estimate of drug-likeness (QED) is 0.191. The van der Waals surface area contributed by atoms with E-state index in [1.54, 1.807) is 54.6 Å². The van der Waals surface area contributed by atoms with Crippen molar-refractivity contribution in [1.29, 1.82) is 0 Å². The zero-order valence-corrected chi connectivity index (χ0v) is 18.4. The minimum Gasteiger partial charge on any atom is -0.355 e. The number of aromatic nitrogens is 1. The number of amides is 3. The number of carbonyl (C=O) groups is 2. The fourth-order valence-electron chi connectivity index (χ4n) is 2.86. The van der Waals surface area contributed by atoms with Gasteiger partial charge in [-0.15, -0.1) is 0 Å². The Kier molecular flexibility index (Phi) is 8.07. The molecule has 0 fully saturated rings. The third kappa shape index (κ3) is 7.13. The van der Waals surface area contributed by atoms with Crippen LogP contribution in [0.25, 0.3) is 10.4 Å². The van der Waals surface area contributed by atoms with Gasteiger partial charge >= 0.3 is 6.03 Å². The van der Waals surface area contributed by atoms with Crippen molar-refractivity contribution in [1.82, 2.24) is 10.3 Å². The summed E-state index contributed by atoms with van der Waals surface area (Å²) in [4.78, 5) is 31.5. The molecular formula is C22H21ClN8O2. The lowest BCUT2D eigenvalue weighted by molar-refractivity contribution is -0.115. The van der Waals surface area contributed by atoms with Crippen LogP contribution in [-0.2, 0) is 11.2 Å². The lowest BCUT2D eigenvalue weighted by Gasteiger charge is -2.14. The van der Waals surface area contributed by atoms with E-state index in [9.17, 15) is 9.59 Å². The summed E-state index contributed by atoms with van der Waals surface area (Å²) in [6.45, 7) is 2.29. The number of carbonyl (C=O) groups excluding carboxylic acids is 2. The molecule has 3 aromatic rings. The zero-order valence-electron chi connectivity index (χ0n) is 17.7. The Bertz CT molecular complexity index is 1180. The summed E-state index contributed by atoms with van der Waals surface area (Å²) in [7, 11) is 0. The Morgan fingerprint density at radius 1 is 1.06 bits per heavy atom. The Hall–Kier alpha value is -4.27. The van der Waals surface area contributed by atoms with Crippen LogP contribution in [-0.4, -0.2) is 23.5 Å². The minimum atomic E-state index is -0.378. The molecule has 0 saturated carbocycles. The van der Waals surface area contributed by atoms with Crippen LogP contribution < -0.4 is 21.3 Å². The van der Waals surface area contributed by atoms with Gasteiger partial charge in [-0.1, -0.05) is 28.8 Å². The predicted octanol–water partition coefficient (Wildman–Crippen LogP) is 5.74. The highest BCUT2D eigenvalue weighted by Crippen LogP contribution is 2.25. The molecule has 1 aromatic heterocycles. The van der Waals surface area contributed by atoms with Gasteiger partial charge in [-0.2, -0.15) is 0 Å². The average molecular weight is 465 g/mol. The van der Waals surface area contributed by atoms with Gasteiger partial charge in [0.05, 0.1) is 6.42 Å². The van der Waals surface area contributed by atoms with Crippen LogP contribution in [0.3, 0.4) is 0 Å². The summed E-state index contributed by atoms with van der Waals surface area (Å²) in [6, 6.07) is 14.9. The van der Waals surface area contributed by atoms with Crippen LogP contribution in [0.15, 0.2) is 65.9 Å². The van der Waals surface area contributed by atoms with Gasteiger partial charge in [0.2, 0.25) is 5.91 Å². The number of halogens is 1. The number of nitrogens with zero attached hydrogens (tertiary/aromatic N) is 4. The number of hydrogen-bond donors (Lipinski definition) is 4. The summed E-state index contributed by atoms with van der Waals surface area (Å²) < 4.78 is 0. The summed E-state index contributed by atoms with van der Waals surface area (Å²) in [5.74, 6) is 0.0622. The molecule has 3 rings (SSSR count). The highest BCUT2D eigenvalue weighted by atomic mass is 35.5. The molecule has 1 heterocycles. The minimum absolute atomic E-state index is 0.0302. The molecule has 0 aliphatic heterocycles. The smallest absolute Gasteiger partial charge is 0.320 e. The number of anilines is 4. The molecule has 0 bridgehead atoms. The highest BCUT2D eigenvalue weighted by Gasteiger charge is 2.12. The number of hydrogen-bond acceptors (Lipinski definition) is 5. The van der Waals surface area contributed by atoms with E-state index in [1.165, 1.54) is 6.20 Å². The second kappa shape index (κ2) is 11.4. The summed E-state index contributed by atoms with van der Waals surface area (Å²) >= 11 is 5.96. The van der Waals surface area contributed by atoms with Crippen LogP contribution in [0, 0.1) is 0 Å². The van der Waals surface area contributed by atoms with E-state index < -0.39 is 0 Å². The van der Waals surface area contributed by atoms with Gasteiger partial charge in [-0.25, -0.2) is 9.78 Å². The first-order valence-electron chi connectivity index (χ1n) is 9.98. The molecule has 0 saturated heterocycles. The SMILES string of the molecule is CCNC(=O)Nc1cc(Nc2ccc(Cl)cc2)c(CC(=O)Nc2ccc(N=[N+]=[N-])cc2)cn1. The summed E-state index contributed by atoms with van der Waals surface area (Å²) in [5, 5.41) is 15.4. The van der Waals surface area contributed by atoms with E-state index in [0.717, 1.165) is 5.69 Å². The van der Waals surface area contributed by atoms with Crippen LogP contribution in [0.4, 0.5) is 33.4 Å². The van der Waals surface area contributed by atoms with Gasteiger partial charge in [0.15, 0.2) is 0 Å². The van der Waals surface area contributed by atoms with Crippen molar-refractivity contribution >= 4 is 52.1 Å². The molecule has 0 radical (unpaired) electrons. The Labute approximate surface area is 195 Å². The maximum absolute atomic E-state index is 12.6. The number of nitrogens with one attached hydrogen (secondary N) is 4. The molecule has 0 unspecified atom stereocenters. The second-order valence-corrected chi connectivity index (χ2v) is 7.24. The van der Waals surface area contributed by atoms with E-state index in [4.69, 9.17) is 17.1 Å². The highest BCUT2D eigenvalue weighted by molar-refractivity contribution is 6.30. The van der Waals surface area contributed by atoms with Crippen molar-refractivity contribution in [3.63, 3.8) is 0 Å². The van der Waals surface area contributed by atoms with Crippen molar-refractivity contribution < 1.29 is 9.59 Å². The monoisotopic (exact) mass is 464 g/mol. The van der Waals surface area contributed by atoms with E-state index in [2.05, 4.69) is 36.3 Å². The van der Waals surface area contributed by atoms with Gasteiger partial charge in [-0.05, 0) is 48.9 Å². The Morgan fingerprint density at radius 2 is 1.76 bits per heavy atom. The molecule has 2 aromatic carbocycles. The number of rotatable bonds is 8. The van der Waals surface area contributed by atoms with E-state index >= 15 is 0 Å². The number of urea groups is 1. The molecule has 10 nitrogen and oxygen atoms in total. The first kappa shape index (κ1) is 23.4. The lowest BCUT2D eigenvalue weighted by Crippen LogP contribution is -2.28. The van der Waals surface area contributed by atoms with Crippen molar-refractivity contribution in [2.45, 2.75) is 13.3 Å². The Morgan fingerprint density at radius 3 is 2.42 bits per heavy atom. The summed E-state index contributed by atoms with van der Waals surface area (Å²) in [6.07, 6.45) is 1.56. The molecule has 0 aliphatic rings. The molecule has 0 aliphatic carbocycles. The predicted molar refractivity (Wildman–Crippen MR) is 129 cm³/mol. The van der Waals surface area contributed by atoms with Crippen molar-refractivity contribution in [2.24, 2.45) is 5.11 Å². The van der Waals surface area contributed by atoms with E-state index in [-0.39, 0.29) is 18.4 Å². The summed E-state index contributed by atoms with van der Waals surface area (Å²) in [5.41, 5.74) is 11.5.